The number of anilines is 3. The Labute approximate surface area is 226 Å². The van der Waals surface area contributed by atoms with Crippen LogP contribution in [-0.2, 0) is 14.3 Å². The van der Waals surface area contributed by atoms with Gasteiger partial charge in [-0.1, -0.05) is 40.9 Å². The molecule has 0 aromatic heterocycles. The molecular weight excluding hydrogens is 541 g/mol. The second-order valence-electron chi connectivity index (χ2n) is 7.69. The van der Waals surface area contributed by atoms with Crippen LogP contribution in [0.4, 0.5) is 17.1 Å². The number of halogens is 3. The lowest BCUT2D eigenvalue weighted by Gasteiger charge is -2.17. The number of amides is 3. The number of hydrogen-bond acceptors (Lipinski definition) is 6. The van der Waals surface area contributed by atoms with E-state index in [0.717, 1.165) is 4.90 Å². The number of rotatable bonds is 7. The molecule has 0 saturated carbocycles. The molecule has 0 unspecified atom stereocenters. The zero-order valence-corrected chi connectivity index (χ0v) is 21.4. The minimum atomic E-state index is -0.751. The topological polar surface area (TPSA) is 105 Å². The van der Waals surface area contributed by atoms with Gasteiger partial charge in [0.25, 0.3) is 17.7 Å². The lowest BCUT2D eigenvalue weighted by molar-refractivity contribution is -0.120. The first-order valence-corrected chi connectivity index (χ1v) is 12.0. The molecule has 0 bridgehead atoms. The van der Waals surface area contributed by atoms with Crippen molar-refractivity contribution in [1.82, 2.24) is 0 Å². The largest absolute Gasteiger partial charge is 0.462 e. The molecule has 0 saturated heterocycles. The molecule has 2 N–H and O–H groups in total. The van der Waals surface area contributed by atoms with E-state index < -0.39 is 23.7 Å². The zero-order chi connectivity index (χ0) is 26.7. The van der Waals surface area contributed by atoms with Gasteiger partial charge in [0, 0.05) is 22.0 Å². The molecule has 37 heavy (non-hydrogen) atoms. The van der Waals surface area contributed by atoms with Crippen LogP contribution >= 0.6 is 34.8 Å². The highest BCUT2D eigenvalue weighted by atomic mass is 35.5. The fourth-order valence-electron chi connectivity index (χ4n) is 3.48. The summed E-state index contributed by atoms with van der Waals surface area (Å²) in [7, 11) is 0. The lowest BCUT2D eigenvalue weighted by atomic mass is 10.1. The Balaban J connectivity index is 1.47. The van der Waals surface area contributed by atoms with Crippen LogP contribution < -0.4 is 15.5 Å². The molecule has 188 valence electrons. The standard InChI is InChI=1S/C26H18Cl3N3O5/c1-2-37-26(36)15-4-3-5-18(12-15)31-23(33)14-6-9-17(10-7-14)30-22-21(29)24(34)32(25(22)35)20-13-16(27)8-11-19(20)28/h3-13,30H,2H2,1H3,(H,31,33). The maximum atomic E-state index is 13.0. The van der Waals surface area contributed by atoms with E-state index in [1.807, 2.05) is 0 Å². The van der Waals surface area contributed by atoms with Gasteiger partial charge < -0.3 is 15.4 Å². The van der Waals surface area contributed by atoms with Crippen molar-refractivity contribution in [2.75, 3.05) is 22.1 Å². The Morgan fingerprint density at radius 1 is 0.865 bits per heavy atom. The van der Waals surface area contributed by atoms with Crippen LogP contribution in [0.15, 0.2) is 77.5 Å². The van der Waals surface area contributed by atoms with Gasteiger partial charge in [-0.2, -0.15) is 0 Å². The van der Waals surface area contributed by atoms with E-state index in [1.54, 1.807) is 37.3 Å². The third kappa shape index (κ3) is 5.61. The molecule has 0 radical (unpaired) electrons. The molecule has 11 heteroatoms. The van der Waals surface area contributed by atoms with E-state index in [-0.39, 0.29) is 28.0 Å². The Hall–Kier alpha value is -3.85. The van der Waals surface area contributed by atoms with E-state index in [9.17, 15) is 19.2 Å². The van der Waals surface area contributed by atoms with Crippen molar-refractivity contribution in [3.8, 4) is 0 Å². The van der Waals surface area contributed by atoms with Crippen molar-refractivity contribution in [2.24, 2.45) is 0 Å². The van der Waals surface area contributed by atoms with E-state index >= 15 is 0 Å². The molecule has 0 aliphatic carbocycles. The smallest absolute Gasteiger partial charge is 0.338 e. The highest BCUT2D eigenvalue weighted by Gasteiger charge is 2.40. The Bertz CT molecular complexity index is 1450. The summed E-state index contributed by atoms with van der Waals surface area (Å²) in [5, 5.41) is 5.67. The highest BCUT2D eigenvalue weighted by molar-refractivity contribution is 6.54. The summed E-state index contributed by atoms with van der Waals surface area (Å²) < 4.78 is 4.97. The first kappa shape index (κ1) is 26.2. The summed E-state index contributed by atoms with van der Waals surface area (Å²) in [5.41, 5.74) is 1.43. The van der Waals surface area contributed by atoms with Gasteiger partial charge in [0.1, 0.15) is 10.7 Å². The Morgan fingerprint density at radius 3 is 2.30 bits per heavy atom. The number of esters is 1. The van der Waals surface area contributed by atoms with Crippen LogP contribution in [0.25, 0.3) is 0 Å². The summed E-state index contributed by atoms with van der Waals surface area (Å²) in [5.74, 6) is -2.36. The number of carbonyl (C=O) groups excluding carboxylic acids is 4. The van der Waals surface area contributed by atoms with Crippen molar-refractivity contribution in [3.05, 3.63) is 98.6 Å². The number of ether oxygens (including phenoxy) is 1. The second kappa shape index (κ2) is 11.0. The number of nitrogens with one attached hydrogen (secondary N) is 2. The normalized spacial score (nSPS) is 13.1. The van der Waals surface area contributed by atoms with E-state index in [4.69, 9.17) is 39.5 Å². The summed E-state index contributed by atoms with van der Waals surface area (Å²) in [6, 6.07) is 16.9. The van der Waals surface area contributed by atoms with Crippen LogP contribution in [-0.4, -0.2) is 30.3 Å². The van der Waals surface area contributed by atoms with Gasteiger partial charge >= 0.3 is 5.97 Å². The van der Waals surface area contributed by atoms with E-state index in [2.05, 4.69) is 10.6 Å². The quantitative estimate of drug-likeness (QED) is 0.278. The fourth-order valence-corrected chi connectivity index (χ4v) is 4.06. The van der Waals surface area contributed by atoms with Crippen molar-refractivity contribution >= 4 is 75.6 Å². The molecule has 3 aromatic carbocycles. The number of benzene rings is 3. The molecule has 4 rings (SSSR count). The van der Waals surface area contributed by atoms with Gasteiger partial charge in [0.05, 0.1) is 22.9 Å². The summed E-state index contributed by atoms with van der Waals surface area (Å²) in [6.07, 6.45) is 0. The van der Waals surface area contributed by atoms with Gasteiger partial charge in [-0.25, -0.2) is 9.69 Å². The van der Waals surface area contributed by atoms with Gasteiger partial charge in [0.2, 0.25) is 0 Å². The number of hydrogen-bond donors (Lipinski definition) is 2. The number of nitrogens with zero attached hydrogens (tertiary/aromatic N) is 1. The molecule has 0 atom stereocenters. The first-order chi connectivity index (χ1) is 17.7. The van der Waals surface area contributed by atoms with Gasteiger partial charge in [-0.15, -0.1) is 0 Å². The summed E-state index contributed by atoms with van der Waals surface area (Å²) in [4.78, 5) is 51.1. The molecule has 1 aliphatic rings. The third-order valence-electron chi connectivity index (χ3n) is 5.22. The van der Waals surface area contributed by atoms with Crippen molar-refractivity contribution < 1.29 is 23.9 Å². The molecule has 0 fully saturated rings. The fraction of sp³-hybridized carbons (Fsp3) is 0.0769. The summed E-state index contributed by atoms with van der Waals surface area (Å²) in [6.45, 7) is 1.95. The first-order valence-electron chi connectivity index (χ1n) is 10.9. The average Bonchev–Trinajstić information content (AvgIpc) is 3.09. The predicted octanol–water partition coefficient (Wildman–Crippen LogP) is 5.86. The molecule has 1 heterocycles. The van der Waals surface area contributed by atoms with Crippen LogP contribution in [0.5, 0.6) is 0 Å². The third-order valence-corrected chi connectivity index (χ3v) is 6.13. The molecule has 0 spiro atoms. The van der Waals surface area contributed by atoms with Crippen LogP contribution in [0, 0.1) is 0 Å². The van der Waals surface area contributed by atoms with Gasteiger partial charge in [-0.3, -0.25) is 14.4 Å². The molecule has 1 aliphatic heterocycles. The highest BCUT2D eigenvalue weighted by Crippen LogP contribution is 2.35. The number of imide groups is 1. The molecular formula is C26H18Cl3N3O5. The van der Waals surface area contributed by atoms with Crippen LogP contribution in [0.3, 0.4) is 0 Å². The zero-order valence-electron chi connectivity index (χ0n) is 19.2. The monoisotopic (exact) mass is 557 g/mol. The lowest BCUT2D eigenvalue weighted by Crippen LogP contribution is -2.32. The molecule has 3 aromatic rings. The van der Waals surface area contributed by atoms with Crippen molar-refractivity contribution in [1.29, 1.82) is 0 Å². The number of carbonyl (C=O) groups is 4. The Morgan fingerprint density at radius 2 is 1.59 bits per heavy atom. The van der Waals surface area contributed by atoms with Crippen LogP contribution in [0.2, 0.25) is 10.0 Å². The van der Waals surface area contributed by atoms with E-state index in [0.29, 0.717) is 27.5 Å². The maximum absolute atomic E-state index is 13.0. The molecule has 3 amide bonds. The van der Waals surface area contributed by atoms with Gasteiger partial charge in [0.15, 0.2) is 0 Å². The minimum absolute atomic E-state index is 0.109. The SMILES string of the molecule is CCOC(=O)c1cccc(NC(=O)c2ccc(NC3=C(Cl)C(=O)N(c4cc(Cl)ccc4Cl)C3=O)cc2)c1. The van der Waals surface area contributed by atoms with Crippen LogP contribution in [0.1, 0.15) is 27.6 Å². The van der Waals surface area contributed by atoms with Gasteiger partial charge in [-0.05, 0) is 67.6 Å². The average molecular weight is 559 g/mol. The van der Waals surface area contributed by atoms with Crippen molar-refractivity contribution in [3.63, 3.8) is 0 Å². The predicted molar refractivity (Wildman–Crippen MR) is 142 cm³/mol. The van der Waals surface area contributed by atoms with Crippen molar-refractivity contribution in [2.45, 2.75) is 6.92 Å². The summed E-state index contributed by atoms with van der Waals surface area (Å²) >= 11 is 18.3. The maximum Gasteiger partial charge on any atom is 0.338 e. The molecule has 8 nitrogen and oxygen atoms in total. The Kier molecular flexibility index (Phi) is 7.83. The second-order valence-corrected chi connectivity index (χ2v) is 8.91. The van der Waals surface area contributed by atoms with E-state index in [1.165, 1.54) is 36.4 Å². The minimum Gasteiger partial charge on any atom is -0.462 e.